The molecule has 2 amide bonds. The van der Waals surface area contributed by atoms with Crippen LogP contribution in [0, 0.1) is 11.3 Å². The molecule has 2 aromatic carbocycles. The fraction of sp³-hybridized carbons (Fsp3) is 0.429. The number of aryl methyl sites for hydroxylation is 1. The van der Waals surface area contributed by atoms with Gasteiger partial charge >= 0.3 is 6.09 Å². The maximum Gasteiger partial charge on any atom is 0.410 e. The van der Waals surface area contributed by atoms with Gasteiger partial charge in [0.2, 0.25) is 0 Å². The lowest BCUT2D eigenvalue weighted by Gasteiger charge is -2.27. The van der Waals surface area contributed by atoms with E-state index in [9.17, 15) is 14.9 Å². The van der Waals surface area contributed by atoms with Crippen LogP contribution in [-0.2, 0) is 27.7 Å². The Morgan fingerprint density at radius 1 is 1.22 bits per heavy atom. The molecule has 0 spiro atoms. The molecule has 1 aromatic heterocycles. The molecule has 0 radical (unpaired) electrons. The first-order chi connectivity index (χ1) is 17.6. The Kier molecular flexibility index (Phi) is 7.79. The molecule has 3 aromatic rings. The van der Waals surface area contributed by atoms with Gasteiger partial charge < -0.3 is 19.7 Å². The fourth-order valence-corrected chi connectivity index (χ4v) is 4.28. The van der Waals surface area contributed by atoms with Crippen molar-refractivity contribution < 1.29 is 19.1 Å². The third-order valence-corrected chi connectivity index (χ3v) is 6.17. The van der Waals surface area contributed by atoms with E-state index in [0.29, 0.717) is 26.0 Å². The Morgan fingerprint density at radius 3 is 2.65 bits per heavy atom. The van der Waals surface area contributed by atoms with Gasteiger partial charge in [-0.2, -0.15) is 10.4 Å². The number of carbonyl (C=O) groups excluding carboxylic acids is 2. The minimum atomic E-state index is -0.865. The van der Waals surface area contributed by atoms with Crippen LogP contribution in [0.4, 0.5) is 4.79 Å². The lowest BCUT2D eigenvalue weighted by atomic mass is 10.00. The number of benzene rings is 2. The van der Waals surface area contributed by atoms with E-state index in [1.807, 2.05) is 48.3 Å². The highest BCUT2D eigenvalue weighted by atomic mass is 16.6. The molecule has 1 fully saturated rings. The molecule has 1 aliphatic rings. The molecule has 0 saturated carbocycles. The summed E-state index contributed by atoms with van der Waals surface area (Å²) < 4.78 is 13.0. The maximum atomic E-state index is 12.9. The van der Waals surface area contributed by atoms with Crippen molar-refractivity contribution >= 4 is 22.9 Å². The van der Waals surface area contributed by atoms with E-state index in [2.05, 4.69) is 28.6 Å². The predicted molar refractivity (Wildman–Crippen MR) is 140 cm³/mol. The number of fused-ring (bicyclic) bond motifs is 1. The summed E-state index contributed by atoms with van der Waals surface area (Å²) in [5.41, 5.74) is 3.50. The van der Waals surface area contributed by atoms with Gasteiger partial charge in [-0.3, -0.25) is 9.48 Å². The van der Waals surface area contributed by atoms with Gasteiger partial charge in [0, 0.05) is 32.0 Å². The smallest absolute Gasteiger partial charge is 0.410 e. The van der Waals surface area contributed by atoms with Crippen LogP contribution in [0.15, 0.2) is 48.7 Å². The predicted octanol–water partition coefficient (Wildman–Crippen LogP) is 3.82. The van der Waals surface area contributed by atoms with Gasteiger partial charge in [0.05, 0.1) is 24.3 Å². The molecule has 9 nitrogen and oxygen atoms in total. The Bertz CT molecular complexity index is 1300. The Hall–Kier alpha value is -3.90. The average Bonchev–Trinajstić information content (AvgIpc) is 3.06. The molecular formula is C28H33N5O4. The molecule has 1 saturated heterocycles. The third-order valence-electron chi connectivity index (χ3n) is 6.17. The van der Waals surface area contributed by atoms with E-state index in [1.54, 1.807) is 20.8 Å². The van der Waals surface area contributed by atoms with Gasteiger partial charge in [0.15, 0.2) is 6.10 Å². The second kappa shape index (κ2) is 11.0. The van der Waals surface area contributed by atoms with Crippen molar-refractivity contribution in [1.82, 2.24) is 20.0 Å². The number of nitriles is 1. The Balaban J connectivity index is 1.37. The van der Waals surface area contributed by atoms with E-state index in [1.165, 1.54) is 4.90 Å². The second-order valence-electron chi connectivity index (χ2n) is 10.3. The molecule has 0 bridgehead atoms. The minimum absolute atomic E-state index is 0.0782. The van der Waals surface area contributed by atoms with Crippen LogP contribution in [0.1, 0.15) is 32.8 Å². The van der Waals surface area contributed by atoms with Crippen molar-refractivity contribution in [2.45, 2.75) is 51.4 Å². The number of rotatable bonds is 5. The summed E-state index contributed by atoms with van der Waals surface area (Å²) in [6.07, 6.45) is 1.46. The molecule has 0 unspecified atom stereocenters. The Morgan fingerprint density at radius 2 is 1.95 bits per heavy atom. The van der Waals surface area contributed by atoms with Gasteiger partial charge in [-0.1, -0.05) is 30.3 Å². The zero-order valence-electron chi connectivity index (χ0n) is 21.7. The average molecular weight is 504 g/mol. The number of hydrogen-bond donors (Lipinski definition) is 1. The topological polar surface area (TPSA) is 109 Å². The van der Waals surface area contributed by atoms with E-state index < -0.39 is 29.7 Å². The summed E-state index contributed by atoms with van der Waals surface area (Å²) in [6.45, 7) is 6.27. The molecule has 37 heavy (non-hydrogen) atoms. The molecule has 0 aliphatic carbocycles. The summed E-state index contributed by atoms with van der Waals surface area (Å²) in [5.74, 6) is -0.414. The number of carbonyl (C=O) groups is 2. The van der Waals surface area contributed by atoms with Gasteiger partial charge in [0.25, 0.3) is 5.91 Å². The summed E-state index contributed by atoms with van der Waals surface area (Å²) in [4.78, 5) is 26.9. The molecule has 194 valence electrons. The lowest BCUT2D eigenvalue weighted by Crippen LogP contribution is -2.48. The summed E-state index contributed by atoms with van der Waals surface area (Å²) in [5, 5.41) is 17.8. The number of amides is 2. The van der Waals surface area contributed by atoms with E-state index in [4.69, 9.17) is 9.47 Å². The van der Waals surface area contributed by atoms with Crippen LogP contribution in [-0.4, -0.2) is 64.1 Å². The molecule has 1 aliphatic heterocycles. The molecule has 2 heterocycles. The van der Waals surface area contributed by atoms with E-state index >= 15 is 0 Å². The van der Waals surface area contributed by atoms with E-state index in [0.717, 1.165) is 27.6 Å². The summed E-state index contributed by atoms with van der Waals surface area (Å²) in [7, 11) is 1.92. The highest BCUT2D eigenvalue weighted by molar-refractivity contribution is 5.84. The van der Waals surface area contributed by atoms with Crippen LogP contribution in [0.2, 0.25) is 0 Å². The highest BCUT2D eigenvalue weighted by Gasteiger charge is 2.31. The number of nitrogens with zero attached hydrogens (tertiary/aromatic N) is 4. The number of hydrogen-bond acceptors (Lipinski definition) is 6. The first-order valence-corrected chi connectivity index (χ1v) is 12.4. The van der Waals surface area contributed by atoms with Gasteiger partial charge in [-0.05, 0) is 56.0 Å². The zero-order valence-corrected chi connectivity index (χ0v) is 21.7. The summed E-state index contributed by atoms with van der Waals surface area (Å²) >= 11 is 0. The number of aromatic nitrogens is 2. The van der Waals surface area contributed by atoms with Gasteiger partial charge in [-0.25, -0.2) is 4.79 Å². The van der Waals surface area contributed by atoms with Crippen LogP contribution < -0.4 is 5.32 Å². The molecule has 2 atom stereocenters. The van der Waals surface area contributed by atoms with Gasteiger partial charge in [0.1, 0.15) is 11.6 Å². The molecule has 1 N–H and O–H groups in total. The van der Waals surface area contributed by atoms with E-state index in [-0.39, 0.29) is 6.54 Å². The molecule has 4 rings (SSSR count). The monoisotopic (exact) mass is 503 g/mol. The van der Waals surface area contributed by atoms with Crippen LogP contribution >= 0.6 is 0 Å². The fourth-order valence-electron chi connectivity index (χ4n) is 4.28. The highest BCUT2D eigenvalue weighted by Crippen LogP contribution is 2.25. The minimum Gasteiger partial charge on any atom is -0.444 e. The largest absolute Gasteiger partial charge is 0.444 e. The van der Waals surface area contributed by atoms with Gasteiger partial charge in [-0.15, -0.1) is 0 Å². The quantitative estimate of drug-likeness (QED) is 0.567. The zero-order chi connectivity index (χ0) is 26.6. The van der Waals surface area contributed by atoms with Crippen molar-refractivity contribution in [3.05, 3.63) is 54.2 Å². The standard InChI is InChI=1S/C28H33N5O4/c1-28(2,3)37-27(35)33-12-5-13-36-25(18-33)26(34)31-23(16-29)14-19-6-8-20(9-7-19)21-10-11-24-22(15-21)17-30-32(24)4/h6-11,15,17,23,25H,5,12-14,18H2,1-4H3,(H,31,34)/t23-,25-/m0/s1. The van der Waals surface area contributed by atoms with Crippen molar-refractivity contribution in [2.24, 2.45) is 7.05 Å². The SMILES string of the molecule is Cn1ncc2cc(-c3ccc(C[C@@H](C#N)NC(=O)[C@@H]4CN(C(=O)OC(C)(C)C)CCCO4)cc3)ccc21. The van der Waals surface area contributed by atoms with Crippen molar-refractivity contribution in [3.8, 4) is 17.2 Å². The second-order valence-corrected chi connectivity index (χ2v) is 10.3. The Labute approximate surface area is 216 Å². The number of nitrogens with one attached hydrogen (secondary N) is 1. The first kappa shape index (κ1) is 26.2. The normalized spacial score (nSPS) is 17.1. The third kappa shape index (κ3) is 6.66. The summed E-state index contributed by atoms with van der Waals surface area (Å²) in [6, 6.07) is 15.6. The lowest BCUT2D eigenvalue weighted by molar-refractivity contribution is -0.133. The number of ether oxygens (including phenoxy) is 2. The molecule has 9 heteroatoms. The van der Waals surface area contributed by atoms with Crippen molar-refractivity contribution in [3.63, 3.8) is 0 Å². The maximum absolute atomic E-state index is 12.9. The van der Waals surface area contributed by atoms with Crippen molar-refractivity contribution in [2.75, 3.05) is 19.7 Å². The molecular weight excluding hydrogens is 470 g/mol. The van der Waals surface area contributed by atoms with Crippen LogP contribution in [0.25, 0.3) is 22.0 Å². The first-order valence-electron chi connectivity index (χ1n) is 12.4. The van der Waals surface area contributed by atoms with Crippen molar-refractivity contribution in [1.29, 1.82) is 5.26 Å². The van der Waals surface area contributed by atoms with Crippen LogP contribution in [0.5, 0.6) is 0 Å². The van der Waals surface area contributed by atoms with Crippen LogP contribution in [0.3, 0.4) is 0 Å².